The van der Waals surface area contributed by atoms with Gasteiger partial charge < -0.3 is 5.32 Å². The highest BCUT2D eigenvalue weighted by Gasteiger charge is 2.25. The van der Waals surface area contributed by atoms with E-state index < -0.39 is 4.92 Å². The summed E-state index contributed by atoms with van der Waals surface area (Å²) in [5.74, 6) is 0.580. The summed E-state index contributed by atoms with van der Waals surface area (Å²) in [5.41, 5.74) is 0.0671. The molecule has 1 aromatic rings. The molecule has 1 aromatic carbocycles. The van der Waals surface area contributed by atoms with Crippen molar-refractivity contribution in [3.8, 4) is 0 Å². The van der Waals surface area contributed by atoms with E-state index in [0.29, 0.717) is 5.92 Å². The number of non-ortho nitro benzene ring substituents is 1. The molecule has 0 aliphatic heterocycles. The first-order valence-electron chi connectivity index (χ1n) is 7.69. The van der Waals surface area contributed by atoms with E-state index in [1.165, 1.54) is 43.2 Å². The van der Waals surface area contributed by atoms with E-state index in [0.717, 1.165) is 11.3 Å². The van der Waals surface area contributed by atoms with Gasteiger partial charge in [-0.05, 0) is 37.8 Å². The van der Waals surface area contributed by atoms with E-state index in [1.54, 1.807) is 12.1 Å². The van der Waals surface area contributed by atoms with Gasteiger partial charge in [0, 0.05) is 23.1 Å². The molecule has 0 aromatic heterocycles. The van der Waals surface area contributed by atoms with Gasteiger partial charge in [-0.3, -0.25) is 14.9 Å². The molecule has 3 unspecified atom stereocenters. The normalized spacial score (nSPS) is 22.8. The second kappa shape index (κ2) is 7.63. The lowest BCUT2D eigenvalue weighted by atomic mass is 9.86. The quantitative estimate of drug-likeness (QED) is 0.509. The molecule has 1 aliphatic carbocycles. The highest BCUT2D eigenvalue weighted by molar-refractivity contribution is 8.00. The Morgan fingerprint density at radius 2 is 1.95 bits per heavy atom. The summed E-state index contributed by atoms with van der Waals surface area (Å²) in [6, 6.07) is 6.60. The molecule has 0 heterocycles. The lowest BCUT2D eigenvalue weighted by Gasteiger charge is -2.30. The van der Waals surface area contributed by atoms with Crippen LogP contribution in [-0.4, -0.2) is 22.1 Å². The van der Waals surface area contributed by atoms with Crippen LogP contribution >= 0.6 is 11.8 Å². The summed E-state index contributed by atoms with van der Waals surface area (Å²) >= 11 is 1.43. The number of nitro benzene ring substituents is 1. The van der Waals surface area contributed by atoms with Gasteiger partial charge in [0.1, 0.15) is 0 Å². The van der Waals surface area contributed by atoms with Crippen molar-refractivity contribution >= 4 is 23.4 Å². The zero-order valence-corrected chi connectivity index (χ0v) is 13.8. The van der Waals surface area contributed by atoms with Crippen molar-refractivity contribution in [1.82, 2.24) is 5.32 Å². The third-order valence-electron chi connectivity index (χ3n) is 4.17. The minimum absolute atomic E-state index is 0.0436. The van der Waals surface area contributed by atoms with Crippen molar-refractivity contribution in [1.29, 1.82) is 0 Å². The minimum atomic E-state index is -0.422. The van der Waals surface area contributed by atoms with Crippen LogP contribution in [-0.2, 0) is 4.79 Å². The maximum absolute atomic E-state index is 12.3. The number of carbonyl (C=O) groups excluding carboxylic acids is 1. The van der Waals surface area contributed by atoms with Crippen molar-refractivity contribution in [2.75, 3.05) is 0 Å². The SMILES string of the molecule is CC(Sc1ccc([N+](=O)[O-])cc1)C(=O)NC1CCCCC1C. The average molecular weight is 322 g/mol. The fourth-order valence-corrected chi connectivity index (χ4v) is 3.61. The van der Waals surface area contributed by atoms with Crippen LogP contribution in [0.15, 0.2) is 29.2 Å². The van der Waals surface area contributed by atoms with E-state index in [4.69, 9.17) is 0 Å². The fourth-order valence-electron chi connectivity index (χ4n) is 2.73. The monoisotopic (exact) mass is 322 g/mol. The molecule has 2 rings (SSSR count). The van der Waals surface area contributed by atoms with Gasteiger partial charge in [0.15, 0.2) is 0 Å². The topological polar surface area (TPSA) is 72.2 Å². The molecule has 3 atom stereocenters. The van der Waals surface area contributed by atoms with Crippen LogP contribution in [0.4, 0.5) is 5.69 Å². The second-order valence-electron chi connectivity index (χ2n) is 5.89. The number of hydrogen-bond acceptors (Lipinski definition) is 4. The number of nitrogens with one attached hydrogen (secondary N) is 1. The summed E-state index contributed by atoms with van der Waals surface area (Å²) in [5, 5.41) is 13.6. The van der Waals surface area contributed by atoms with Crippen molar-refractivity contribution in [3.63, 3.8) is 0 Å². The number of nitro groups is 1. The lowest BCUT2D eigenvalue weighted by Crippen LogP contribution is -2.44. The molecule has 1 aliphatic rings. The largest absolute Gasteiger partial charge is 0.352 e. The molecule has 6 heteroatoms. The van der Waals surface area contributed by atoms with E-state index in [9.17, 15) is 14.9 Å². The van der Waals surface area contributed by atoms with Crippen LogP contribution < -0.4 is 5.32 Å². The second-order valence-corrected chi connectivity index (χ2v) is 7.30. The van der Waals surface area contributed by atoms with Crippen molar-refractivity contribution in [2.24, 2.45) is 5.92 Å². The molecular formula is C16H22N2O3S. The fraction of sp³-hybridized carbons (Fsp3) is 0.562. The predicted octanol–water partition coefficient (Wildman–Crippen LogP) is 3.77. The number of carbonyl (C=O) groups is 1. The molecule has 5 nitrogen and oxygen atoms in total. The number of amides is 1. The molecule has 1 N–H and O–H groups in total. The highest BCUT2D eigenvalue weighted by atomic mass is 32.2. The van der Waals surface area contributed by atoms with Crippen LogP contribution in [0.5, 0.6) is 0 Å². The Morgan fingerprint density at radius 3 is 2.55 bits per heavy atom. The first-order chi connectivity index (χ1) is 10.5. The van der Waals surface area contributed by atoms with Crippen molar-refractivity contribution < 1.29 is 9.72 Å². The van der Waals surface area contributed by atoms with Gasteiger partial charge in [0.05, 0.1) is 10.2 Å². The molecule has 0 bridgehead atoms. The lowest BCUT2D eigenvalue weighted by molar-refractivity contribution is -0.384. The summed E-state index contributed by atoms with van der Waals surface area (Å²) < 4.78 is 0. The zero-order valence-electron chi connectivity index (χ0n) is 13.0. The standard InChI is InChI=1S/C16H22N2O3S/c1-11-5-3-4-6-15(11)17-16(19)12(2)22-14-9-7-13(8-10-14)18(20)21/h7-12,15H,3-6H2,1-2H3,(H,17,19). The first kappa shape index (κ1) is 16.8. The predicted molar refractivity (Wildman–Crippen MR) is 88.0 cm³/mol. The third kappa shape index (κ3) is 4.47. The number of benzene rings is 1. The van der Waals surface area contributed by atoms with Crippen LogP contribution in [0.3, 0.4) is 0 Å². The van der Waals surface area contributed by atoms with Gasteiger partial charge in [-0.1, -0.05) is 19.8 Å². The summed E-state index contributed by atoms with van der Waals surface area (Å²) in [6.07, 6.45) is 4.66. The Bertz CT molecular complexity index is 533. The molecule has 1 fully saturated rings. The Hall–Kier alpha value is -1.56. The van der Waals surface area contributed by atoms with Crippen molar-refractivity contribution in [2.45, 2.75) is 55.7 Å². The van der Waals surface area contributed by atoms with Crippen LogP contribution in [0.25, 0.3) is 0 Å². The molecule has 1 saturated carbocycles. The van der Waals surface area contributed by atoms with Crippen LogP contribution in [0.2, 0.25) is 0 Å². The third-order valence-corrected chi connectivity index (χ3v) is 5.28. The number of thioether (sulfide) groups is 1. The number of nitrogens with zero attached hydrogens (tertiary/aromatic N) is 1. The van der Waals surface area contributed by atoms with Gasteiger partial charge in [-0.25, -0.2) is 0 Å². The Morgan fingerprint density at radius 1 is 1.32 bits per heavy atom. The summed E-state index contributed by atoms with van der Waals surface area (Å²) in [4.78, 5) is 23.4. The molecule has 0 radical (unpaired) electrons. The van der Waals surface area contributed by atoms with E-state index in [1.807, 2.05) is 6.92 Å². The summed E-state index contributed by atoms with van der Waals surface area (Å²) in [6.45, 7) is 4.06. The Balaban J connectivity index is 1.89. The molecule has 120 valence electrons. The van der Waals surface area contributed by atoms with Gasteiger partial charge in [0.25, 0.3) is 5.69 Å². The first-order valence-corrected chi connectivity index (χ1v) is 8.57. The molecular weight excluding hydrogens is 300 g/mol. The molecule has 22 heavy (non-hydrogen) atoms. The minimum Gasteiger partial charge on any atom is -0.352 e. The maximum atomic E-state index is 12.3. The van der Waals surface area contributed by atoms with Gasteiger partial charge in [-0.2, -0.15) is 0 Å². The molecule has 1 amide bonds. The summed E-state index contributed by atoms with van der Waals surface area (Å²) in [7, 11) is 0. The highest BCUT2D eigenvalue weighted by Crippen LogP contribution is 2.27. The smallest absolute Gasteiger partial charge is 0.269 e. The van der Waals surface area contributed by atoms with E-state index >= 15 is 0 Å². The Labute approximate surface area is 135 Å². The van der Waals surface area contributed by atoms with Gasteiger partial charge >= 0.3 is 0 Å². The maximum Gasteiger partial charge on any atom is 0.269 e. The van der Waals surface area contributed by atoms with Crippen LogP contribution in [0.1, 0.15) is 39.5 Å². The number of rotatable bonds is 5. The Kier molecular flexibility index (Phi) is 5.83. The van der Waals surface area contributed by atoms with E-state index in [2.05, 4.69) is 12.2 Å². The molecule has 0 spiro atoms. The average Bonchev–Trinajstić information content (AvgIpc) is 2.50. The van der Waals surface area contributed by atoms with Crippen molar-refractivity contribution in [3.05, 3.63) is 34.4 Å². The van der Waals surface area contributed by atoms with Crippen LogP contribution in [0, 0.1) is 16.0 Å². The molecule has 0 saturated heterocycles. The van der Waals surface area contributed by atoms with Gasteiger partial charge in [-0.15, -0.1) is 11.8 Å². The van der Waals surface area contributed by atoms with E-state index in [-0.39, 0.29) is 22.9 Å². The zero-order chi connectivity index (χ0) is 16.1. The van der Waals surface area contributed by atoms with Gasteiger partial charge in [0.2, 0.25) is 5.91 Å². The number of hydrogen-bond donors (Lipinski definition) is 1.